The molecule has 0 radical (unpaired) electrons. The first-order valence-corrected chi connectivity index (χ1v) is 5.87. The monoisotopic (exact) mass is 244 g/mol. The van der Waals surface area contributed by atoms with E-state index in [0.29, 0.717) is 11.7 Å². The highest BCUT2D eigenvalue weighted by Crippen LogP contribution is 2.28. The zero-order valence-corrected chi connectivity index (χ0v) is 10.7. The minimum Gasteiger partial charge on any atom is -0.504 e. The molecule has 0 saturated heterocycles. The molecule has 0 fully saturated rings. The maximum absolute atomic E-state index is 9.64. The van der Waals surface area contributed by atoms with Crippen LogP contribution < -0.4 is 4.74 Å². The molecule has 0 spiro atoms. The molecular weight excluding hydrogens is 228 g/mol. The minimum absolute atomic E-state index is 0.0775. The number of hydrogen-bond acceptors (Lipinski definition) is 4. The van der Waals surface area contributed by atoms with E-state index in [9.17, 15) is 5.11 Å². The molecular formula is C14H16N2O2. The lowest BCUT2D eigenvalue weighted by atomic mass is 10.1. The van der Waals surface area contributed by atoms with Crippen molar-refractivity contribution in [2.45, 2.75) is 26.7 Å². The summed E-state index contributed by atoms with van der Waals surface area (Å²) in [5.41, 5.74) is 1.77. The van der Waals surface area contributed by atoms with Gasteiger partial charge in [0, 0.05) is 5.69 Å². The molecule has 0 aliphatic heterocycles. The van der Waals surface area contributed by atoms with Gasteiger partial charge in [-0.2, -0.15) is 4.98 Å². The third-order valence-electron chi connectivity index (χ3n) is 2.51. The third-order valence-corrected chi connectivity index (χ3v) is 2.51. The molecule has 18 heavy (non-hydrogen) atoms. The van der Waals surface area contributed by atoms with Crippen molar-refractivity contribution < 1.29 is 9.84 Å². The van der Waals surface area contributed by atoms with Crippen molar-refractivity contribution in [3.05, 3.63) is 41.7 Å². The number of phenols is 1. The second-order valence-corrected chi connectivity index (χ2v) is 4.44. The fourth-order valence-corrected chi connectivity index (χ4v) is 1.55. The van der Waals surface area contributed by atoms with Crippen LogP contribution in [0.5, 0.6) is 17.5 Å². The third kappa shape index (κ3) is 2.77. The van der Waals surface area contributed by atoms with Crippen LogP contribution in [-0.2, 0) is 0 Å². The van der Waals surface area contributed by atoms with Crippen LogP contribution in [0.4, 0.5) is 0 Å². The summed E-state index contributed by atoms with van der Waals surface area (Å²) in [4.78, 5) is 8.53. The maximum Gasteiger partial charge on any atom is 0.322 e. The van der Waals surface area contributed by atoms with E-state index in [1.165, 1.54) is 0 Å². The van der Waals surface area contributed by atoms with E-state index < -0.39 is 0 Å². The van der Waals surface area contributed by atoms with Crippen molar-refractivity contribution in [3.63, 3.8) is 0 Å². The van der Waals surface area contributed by atoms with Gasteiger partial charge in [0.15, 0.2) is 11.5 Å². The van der Waals surface area contributed by atoms with Crippen molar-refractivity contribution in [2.75, 3.05) is 0 Å². The van der Waals surface area contributed by atoms with Crippen LogP contribution in [0.15, 0.2) is 30.3 Å². The van der Waals surface area contributed by atoms with E-state index in [1.807, 2.05) is 13.0 Å². The molecule has 94 valence electrons. The standard InChI is InChI=1S/C14H16N2O2/c1-9(2)11-8-10(3)15-14(16-11)18-13-7-5-4-6-12(13)17/h4-9,17H,1-3H3. The van der Waals surface area contributed by atoms with E-state index >= 15 is 0 Å². The molecule has 1 heterocycles. The number of hydrogen-bond donors (Lipinski definition) is 1. The average molecular weight is 244 g/mol. The topological polar surface area (TPSA) is 55.2 Å². The summed E-state index contributed by atoms with van der Waals surface area (Å²) in [5.74, 6) is 0.741. The number of aromatic hydroxyl groups is 1. The fraction of sp³-hybridized carbons (Fsp3) is 0.286. The van der Waals surface area contributed by atoms with Crippen LogP contribution in [0.3, 0.4) is 0 Å². The Labute approximate surface area is 106 Å². The van der Waals surface area contributed by atoms with E-state index in [0.717, 1.165) is 11.4 Å². The molecule has 0 bridgehead atoms. The van der Waals surface area contributed by atoms with Gasteiger partial charge < -0.3 is 9.84 Å². The largest absolute Gasteiger partial charge is 0.504 e. The average Bonchev–Trinajstić information content (AvgIpc) is 2.31. The number of ether oxygens (including phenoxy) is 1. The molecule has 4 heteroatoms. The highest BCUT2D eigenvalue weighted by Gasteiger charge is 2.09. The lowest BCUT2D eigenvalue weighted by Crippen LogP contribution is -2.00. The van der Waals surface area contributed by atoms with Crippen LogP contribution >= 0.6 is 0 Å². The Morgan fingerprint density at radius 2 is 1.89 bits per heavy atom. The van der Waals surface area contributed by atoms with Crippen LogP contribution in [0, 0.1) is 6.92 Å². The van der Waals surface area contributed by atoms with Crippen LogP contribution in [0.1, 0.15) is 31.2 Å². The lowest BCUT2D eigenvalue weighted by molar-refractivity contribution is 0.389. The summed E-state index contributed by atoms with van der Waals surface area (Å²) in [6.07, 6.45) is 0. The lowest BCUT2D eigenvalue weighted by Gasteiger charge is -2.09. The molecule has 0 unspecified atom stereocenters. The predicted molar refractivity (Wildman–Crippen MR) is 69.0 cm³/mol. The Bertz CT molecular complexity index is 553. The first-order valence-electron chi connectivity index (χ1n) is 5.87. The Morgan fingerprint density at radius 3 is 2.56 bits per heavy atom. The van der Waals surface area contributed by atoms with Gasteiger partial charge in [-0.05, 0) is 31.0 Å². The van der Waals surface area contributed by atoms with Crippen LogP contribution in [0.2, 0.25) is 0 Å². The fourth-order valence-electron chi connectivity index (χ4n) is 1.55. The summed E-state index contributed by atoms with van der Waals surface area (Å²) in [5, 5.41) is 9.64. The summed E-state index contributed by atoms with van der Waals surface area (Å²) in [7, 11) is 0. The molecule has 4 nitrogen and oxygen atoms in total. The Morgan fingerprint density at radius 1 is 1.17 bits per heavy atom. The number of nitrogens with zero attached hydrogens (tertiary/aromatic N) is 2. The van der Waals surface area contributed by atoms with Crippen molar-refractivity contribution >= 4 is 0 Å². The van der Waals surface area contributed by atoms with E-state index in [4.69, 9.17) is 4.74 Å². The Hall–Kier alpha value is -2.10. The molecule has 1 aromatic heterocycles. The summed E-state index contributed by atoms with van der Waals surface area (Å²) in [6, 6.07) is 8.96. The molecule has 0 amide bonds. The molecule has 0 aliphatic carbocycles. The Balaban J connectivity index is 2.32. The van der Waals surface area contributed by atoms with Gasteiger partial charge in [-0.25, -0.2) is 4.98 Å². The van der Waals surface area contributed by atoms with E-state index in [1.54, 1.807) is 24.3 Å². The van der Waals surface area contributed by atoms with Crippen molar-refractivity contribution in [2.24, 2.45) is 0 Å². The molecule has 1 N–H and O–H groups in total. The van der Waals surface area contributed by atoms with Crippen LogP contribution in [-0.4, -0.2) is 15.1 Å². The molecule has 0 aliphatic rings. The first-order chi connectivity index (χ1) is 8.56. The second-order valence-electron chi connectivity index (χ2n) is 4.44. The quantitative estimate of drug-likeness (QED) is 0.899. The summed E-state index contributed by atoms with van der Waals surface area (Å²) < 4.78 is 5.51. The number of benzene rings is 1. The van der Waals surface area contributed by atoms with Gasteiger partial charge >= 0.3 is 6.01 Å². The minimum atomic E-state index is 0.0775. The van der Waals surface area contributed by atoms with Crippen molar-refractivity contribution in [1.29, 1.82) is 0 Å². The highest BCUT2D eigenvalue weighted by molar-refractivity contribution is 5.39. The van der Waals surface area contributed by atoms with Gasteiger partial charge in [0.1, 0.15) is 0 Å². The molecule has 0 saturated carbocycles. The molecule has 1 aromatic carbocycles. The SMILES string of the molecule is Cc1cc(C(C)C)nc(Oc2ccccc2O)n1. The predicted octanol–water partition coefficient (Wildman–Crippen LogP) is 3.41. The van der Waals surface area contributed by atoms with E-state index in [-0.39, 0.29) is 11.8 Å². The Kier molecular flexibility index (Phi) is 3.46. The molecule has 0 atom stereocenters. The maximum atomic E-state index is 9.64. The summed E-state index contributed by atoms with van der Waals surface area (Å²) >= 11 is 0. The molecule has 2 rings (SSSR count). The highest BCUT2D eigenvalue weighted by atomic mass is 16.5. The second kappa shape index (κ2) is 5.04. The zero-order valence-electron chi connectivity index (χ0n) is 10.7. The molecule has 2 aromatic rings. The summed E-state index contributed by atoms with van der Waals surface area (Å²) in [6.45, 7) is 6.02. The number of aromatic nitrogens is 2. The van der Waals surface area contributed by atoms with Gasteiger partial charge in [0.2, 0.25) is 0 Å². The zero-order chi connectivity index (χ0) is 13.1. The van der Waals surface area contributed by atoms with Crippen molar-refractivity contribution in [1.82, 2.24) is 9.97 Å². The first kappa shape index (κ1) is 12.4. The van der Waals surface area contributed by atoms with Crippen LogP contribution in [0.25, 0.3) is 0 Å². The smallest absolute Gasteiger partial charge is 0.322 e. The van der Waals surface area contributed by atoms with E-state index in [2.05, 4.69) is 23.8 Å². The number of phenolic OH excluding ortho intramolecular Hbond substituents is 1. The van der Waals surface area contributed by atoms with Gasteiger partial charge in [0.05, 0.1) is 5.69 Å². The van der Waals surface area contributed by atoms with Crippen molar-refractivity contribution in [3.8, 4) is 17.5 Å². The number of para-hydroxylation sites is 2. The normalized spacial score (nSPS) is 10.7. The van der Waals surface area contributed by atoms with Gasteiger partial charge in [-0.15, -0.1) is 0 Å². The van der Waals surface area contributed by atoms with Gasteiger partial charge in [0.25, 0.3) is 0 Å². The van der Waals surface area contributed by atoms with Gasteiger partial charge in [-0.3, -0.25) is 0 Å². The van der Waals surface area contributed by atoms with Gasteiger partial charge in [-0.1, -0.05) is 26.0 Å². The number of rotatable bonds is 3. The number of aryl methyl sites for hydroxylation is 1.